The second-order valence-electron chi connectivity index (χ2n) is 5.39. The summed E-state index contributed by atoms with van der Waals surface area (Å²) >= 11 is 4.14. The van der Waals surface area contributed by atoms with Gasteiger partial charge in [-0.3, -0.25) is 0 Å². The minimum atomic E-state index is 0.505. The van der Waals surface area contributed by atoms with E-state index in [2.05, 4.69) is 83.0 Å². The van der Waals surface area contributed by atoms with Gasteiger partial charge in [0.1, 0.15) is 0 Å². The minimum absolute atomic E-state index is 0.505. The van der Waals surface area contributed by atoms with E-state index in [9.17, 15) is 0 Å². The van der Waals surface area contributed by atoms with E-state index in [0.717, 1.165) is 6.54 Å². The first-order valence-corrected chi connectivity index (χ1v) is 8.06. The first-order chi connectivity index (χ1) is 10.9. The highest BCUT2D eigenvalue weighted by molar-refractivity contribution is 6.11. The summed E-state index contributed by atoms with van der Waals surface area (Å²) in [6.45, 7) is 1.08. The molecule has 0 saturated heterocycles. The fourth-order valence-corrected chi connectivity index (χ4v) is 3.10. The van der Waals surface area contributed by atoms with Crippen molar-refractivity contribution in [2.45, 2.75) is 18.8 Å². The minimum Gasteiger partial charge on any atom is -0.320 e. The molecule has 3 rings (SSSR count). The summed E-state index contributed by atoms with van der Waals surface area (Å²) < 4.78 is 0. The number of hydrogen-bond acceptors (Lipinski definition) is 2. The number of nitrogens with two attached hydrogens (primary N) is 1. The third-order valence-electron chi connectivity index (χ3n) is 4.10. The van der Waals surface area contributed by atoms with Crippen LogP contribution in [0.25, 0.3) is 12.2 Å². The SMILES string of the molecule is CNCCCC1c2ccccc2C=Cc2ccccc21.NCl. The standard InChI is InChI=1S/C19H21N.ClH2N/c1-20-14-6-11-19-17-9-4-2-7-15(17)12-13-16-8-3-5-10-18(16)19;1-2/h2-5,7-10,12-13,19-20H,6,11,14H2,1H3;2H2. The predicted molar refractivity (Wildman–Crippen MR) is 96.9 cm³/mol. The fourth-order valence-electron chi connectivity index (χ4n) is 3.10. The first-order valence-electron chi connectivity index (χ1n) is 7.62. The fraction of sp³-hybridized carbons (Fsp3) is 0.263. The molecule has 0 spiro atoms. The van der Waals surface area contributed by atoms with Crippen molar-refractivity contribution in [1.29, 1.82) is 0 Å². The van der Waals surface area contributed by atoms with Gasteiger partial charge in [-0.1, -0.05) is 60.7 Å². The van der Waals surface area contributed by atoms with Gasteiger partial charge in [-0.05, 0) is 60.5 Å². The zero-order chi connectivity index (χ0) is 15.8. The molecule has 0 radical (unpaired) electrons. The summed E-state index contributed by atoms with van der Waals surface area (Å²) in [5.74, 6) is 0.505. The van der Waals surface area contributed by atoms with E-state index in [1.165, 1.54) is 35.1 Å². The molecule has 2 aromatic carbocycles. The van der Waals surface area contributed by atoms with Gasteiger partial charge in [-0.2, -0.15) is 0 Å². The number of rotatable bonds is 4. The summed E-state index contributed by atoms with van der Waals surface area (Å²) in [7, 11) is 2.02. The molecule has 1 aliphatic rings. The van der Waals surface area contributed by atoms with Crippen LogP contribution in [-0.2, 0) is 0 Å². The lowest BCUT2D eigenvalue weighted by Gasteiger charge is -2.20. The molecule has 0 atom stereocenters. The Balaban J connectivity index is 0.000000847. The quantitative estimate of drug-likeness (QED) is 0.648. The van der Waals surface area contributed by atoms with Crippen molar-refractivity contribution >= 4 is 23.9 Å². The third kappa shape index (κ3) is 3.77. The highest BCUT2D eigenvalue weighted by atomic mass is 35.5. The maximum absolute atomic E-state index is 4.14. The summed E-state index contributed by atoms with van der Waals surface area (Å²) in [6.07, 6.45) is 6.90. The molecular weight excluding hydrogens is 292 g/mol. The molecule has 0 aromatic heterocycles. The molecule has 0 fully saturated rings. The van der Waals surface area contributed by atoms with Crippen molar-refractivity contribution < 1.29 is 0 Å². The molecule has 22 heavy (non-hydrogen) atoms. The second-order valence-corrected chi connectivity index (χ2v) is 5.39. The van der Waals surface area contributed by atoms with E-state index in [-0.39, 0.29) is 0 Å². The van der Waals surface area contributed by atoms with Crippen molar-refractivity contribution in [2.24, 2.45) is 5.25 Å². The molecule has 0 bridgehead atoms. The van der Waals surface area contributed by atoms with E-state index in [1.54, 1.807) is 0 Å². The average molecular weight is 315 g/mol. The van der Waals surface area contributed by atoms with Crippen LogP contribution in [0.3, 0.4) is 0 Å². The topological polar surface area (TPSA) is 38.0 Å². The highest BCUT2D eigenvalue weighted by Gasteiger charge is 2.20. The van der Waals surface area contributed by atoms with Crippen molar-refractivity contribution in [2.75, 3.05) is 13.6 Å². The predicted octanol–water partition coefficient (Wildman–Crippen LogP) is 4.40. The Kier molecular flexibility index (Phi) is 6.66. The van der Waals surface area contributed by atoms with Gasteiger partial charge in [-0.15, -0.1) is 0 Å². The Bertz CT molecular complexity index is 573. The smallest absolute Gasteiger partial charge is 0.0102 e. The van der Waals surface area contributed by atoms with Gasteiger partial charge in [0.15, 0.2) is 0 Å². The molecular formula is C19H23ClN2. The molecule has 0 saturated carbocycles. The summed E-state index contributed by atoms with van der Waals surface area (Å²) in [4.78, 5) is 0. The van der Waals surface area contributed by atoms with Crippen LogP contribution in [0.15, 0.2) is 48.5 Å². The maximum Gasteiger partial charge on any atom is 0.0102 e. The zero-order valence-electron chi connectivity index (χ0n) is 12.9. The lowest BCUT2D eigenvalue weighted by atomic mass is 9.84. The van der Waals surface area contributed by atoms with Gasteiger partial charge in [0, 0.05) is 5.92 Å². The Morgan fingerprint density at radius 3 is 1.91 bits per heavy atom. The molecule has 3 heteroatoms. The number of benzene rings is 2. The monoisotopic (exact) mass is 314 g/mol. The van der Waals surface area contributed by atoms with Crippen LogP contribution in [0.5, 0.6) is 0 Å². The van der Waals surface area contributed by atoms with Crippen molar-refractivity contribution in [3.63, 3.8) is 0 Å². The number of nitrogens with one attached hydrogen (secondary N) is 1. The number of hydrogen-bond donors (Lipinski definition) is 2. The maximum atomic E-state index is 4.14. The summed E-state index contributed by atoms with van der Waals surface area (Å²) in [5, 5.41) is 7.23. The average Bonchev–Trinajstić information content (AvgIpc) is 2.75. The molecule has 1 aliphatic carbocycles. The summed E-state index contributed by atoms with van der Waals surface area (Å²) in [6, 6.07) is 17.6. The van der Waals surface area contributed by atoms with Crippen LogP contribution >= 0.6 is 11.8 Å². The van der Waals surface area contributed by atoms with Crippen molar-refractivity contribution in [3.8, 4) is 0 Å². The van der Waals surface area contributed by atoms with E-state index < -0.39 is 0 Å². The van der Waals surface area contributed by atoms with Gasteiger partial charge in [0.2, 0.25) is 0 Å². The third-order valence-corrected chi connectivity index (χ3v) is 4.10. The van der Waals surface area contributed by atoms with Crippen LogP contribution in [0.1, 0.15) is 41.0 Å². The van der Waals surface area contributed by atoms with Crippen molar-refractivity contribution in [3.05, 3.63) is 70.8 Å². The second kappa shape index (κ2) is 8.74. The van der Waals surface area contributed by atoms with Crippen molar-refractivity contribution in [1.82, 2.24) is 5.32 Å². The van der Waals surface area contributed by atoms with E-state index in [0.29, 0.717) is 5.92 Å². The zero-order valence-corrected chi connectivity index (χ0v) is 13.7. The van der Waals surface area contributed by atoms with Crippen LogP contribution in [-0.4, -0.2) is 13.6 Å². The van der Waals surface area contributed by atoms with E-state index >= 15 is 0 Å². The summed E-state index contributed by atoms with van der Waals surface area (Å²) in [5.41, 5.74) is 5.64. The number of halogens is 1. The van der Waals surface area contributed by atoms with Gasteiger partial charge in [0.25, 0.3) is 0 Å². The van der Waals surface area contributed by atoms with Crippen LogP contribution in [0.4, 0.5) is 0 Å². The largest absolute Gasteiger partial charge is 0.320 e. The molecule has 0 aliphatic heterocycles. The van der Waals surface area contributed by atoms with E-state index in [4.69, 9.17) is 0 Å². The molecule has 2 nitrogen and oxygen atoms in total. The highest BCUT2D eigenvalue weighted by Crippen LogP contribution is 2.37. The Morgan fingerprint density at radius 1 is 0.909 bits per heavy atom. The molecule has 0 heterocycles. The van der Waals surface area contributed by atoms with E-state index in [1.807, 2.05) is 7.05 Å². The van der Waals surface area contributed by atoms with Crippen LogP contribution in [0, 0.1) is 0 Å². The molecule has 0 unspecified atom stereocenters. The molecule has 116 valence electrons. The Morgan fingerprint density at radius 2 is 1.41 bits per heavy atom. The normalized spacial score (nSPS) is 12.7. The number of fused-ring (bicyclic) bond motifs is 2. The molecule has 0 amide bonds. The molecule has 3 N–H and O–H groups in total. The Labute approximate surface area is 138 Å². The molecule has 2 aromatic rings. The van der Waals surface area contributed by atoms with Gasteiger partial charge < -0.3 is 5.32 Å². The Hall–Kier alpha value is -1.61. The lowest BCUT2D eigenvalue weighted by molar-refractivity contribution is 0.628. The van der Waals surface area contributed by atoms with Gasteiger partial charge in [-0.25, -0.2) is 5.25 Å². The lowest BCUT2D eigenvalue weighted by Crippen LogP contribution is -2.11. The first kappa shape index (κ1) is 16.8. The van der Waals surface area contributed by atoms with Crippen LogP contribution < -0.4 is 10.6 Å². The van der Waals surface area contributed by atoms with Gasteiger partial charge >= 0.3 is 0 Å². The van der Waals surface area contributed by atoms with Crippen LogP contribution in [0.2, 0.25) is 0 Å². The van der Waals surface area contributed by atoms with Gasteiger partial charge in [0.05, 0.1) is 0 Å².